The van der Waals surface area contributed by atoms with Gasteiger partial charge >= 0.3 is 0 Å². The summed E-state index contributed by atoms with van der Waals surface area (Å²) < 4.78 is 0. The van der Waals surface area contributed by atoms with Crippen LogP contribution in [-0.2, 0) is 0 Å². The van der Waals surface area contributed by atoms with Gasteiger partial charge in [0.2, 0.25) is 0 Å². The molecular weight excluding hydrogens is 260 g/mol. The molecule has 2 rings (SSSR count). The molecule has 1 aromatic heterocycles. The second-order valence-electron chi connectivity index (χ2n) is 4.42. The van der Waals surface area contributed by atoms with E-state index in [2.05, 4.69) is 10.3 Å². The number of pyridine rings is 1. The molecular formula is C15H17ClN2O. The Morgan fingerprint density at radius 2 is 1.95 bits per heavy atom. The molecule has 100 valence electrons. The van der Waals surface area contributed by atoms with Crippen molar-refractivity contribution >= 4 is 11.6 Å². The molecule has 2 N–H and O–H groups in total. The van der Waals surface area contributed by atoms with E-state index in [0.717, 1.165) is 11.3 Å². The van der Waals surface area contributed by atoms with Crippen LogP contribution >= 0.6 is 11.6 Å². The number of nitrogens with zero attached hydrogens (tertiary/aromatic N) is 1. The lowest BCUT2D eigenvalue weighted by molar-refractivity contribution is 0.170. The highest BCUT2D eigenvalue weighted by Gasteiger charge is 2.13. The second kappa shape index (κ2) is 6.66. The molecule has 0 bridgehead atoms. The van der Waals surface area contributed by atoms with Gasteiger partial charge in [0.25, 0.3) is 0 Å². The molecule has 3 nitrogen and oxygen atoms in total. The van der Waals surface area contributed by atoms with Gasteiger partial charge in [0, 0.05) is 29.4 Å². The van der Waals surface area contributed by atoms with Gasteiger partial charge in [-0.1, -0.05) is 35.9 Å². The Labute approximate surface area is 118 Å². The van der Waals surface area contributed by atoms with Crippen LogP contribution in [0.1, 0.15) is 30.3 Å². The van der Waals surface area contributed by atoms with E-state index in [1.54, 1.807) is 12.3 Å². The van der Waals surface area contributed by atoms with E-state index in [-0.39, 0.29) is 6.04 Å². The lowest BCUT2D eigenvalue weighted by Gasteiger charge is -2.17. The quantitative estimate of drug-likeness (QED) is 0.882. The van der Waals surface area contributed by atoms with Crippen molar-refractivity contribution in [1.29, 1.82) is 0 Å². The monoisotopic (exact) mass is 276 g/mol. The van der Waals surface area contributed by atoms with Gasteiger partial charge in [0.1, 0.15) is 0 Å². The Hall–Kier alpha value is -1.42. The van der Waals surface area contributed by atoms with E-state index in [1.165, 1.54) is 0 Å². The summed E-state index contributed by atoms with van der Waals surface area (Å²) in [5.74, 6) is 0. The maximum Gasteiger partial charge on any atom is 0.0928 e. The van der Waals surface area contributed by atoms with Crippen molar-refractivity contribution in [3.05, 3.63) is 64.9 Å². The summed E-state index contributed by atoms with van der Waals surface area (Å²) in [7, 11) is 0. The van der Waals surface area contributed by atoms with Crippen LogP contribution in [0.15, 0.2) is 48.7 Å². The first kappa shape index (κ1) is 14.0. The summed E-state index contributed by atoms with van der Waals surface area (Å²) in [4.78, 5) is 4.28. The average molecular weight is 277 g/mol. The molecule has 1 aromatic carbocycles. The van der Waals surface area contributed by atoms with Crippen molar-refractivity contribution in [1.82, 2.24) is 10.3 Å². The van der Waals surface area contributed by atoms with Crippen LogP contribution in [0.2, 0.25) is 5.02 Å². The number of nitrogens with one attached hydrogen (secondary N) is 1. The largest absolute Gasteiger partial charge is 0.387 e. The van der Waals surface area contributed by atoms with Crippen LogP contribution < -0.4 is 5.32 Å². The number of halogens is 1. The van der Waals surface area contributed by atoms with E-state index in [4.69, 9.17) is 11.6 Å². The highest BCUT2D eigenvalue weighted by molar-refractivity contribution is 6.31. The third-order valence-electron chi connectivity index (χ3n) is 3.01. The highest BCUT2D eigenvalue weighted by Crippen LogP contribution is 2.22. The van der Waals surface area contributed by atoms with Gasteiger partial charge < -0.3 is 10.4 Å². The lowest BCUT2D eigenvalue weighted by Crippen LogP contribution is -2.25. The molecule has 2 aromatic rings. The molecule has 0 aliphatic carbocycles. The maximum absolute atomic E-state index is 10.1. The molecule has 19 heavy (non-hydrogen) atoms. The second-order valence-corrected chi connectivity index (χ2v) is 4.83. The third-order valence-corrected chi connectivity index (χ3v) is 3.36. The standard InChI is InChI=1S/C15H17ClN2O/c1-11(14-8-4-5-9-17-14)18-10-15(19)12-6-2-3-7-13(12)16/h2-9,11,15,18-19H,10H2,1H3/t11-,15?/m1/s1. The Bertz CT molecular complexity index is 519. The molecule has 0 radical (unpaired) electrons. The fourth-order valence-electron chi connectivity index (χ4n) is 1.88. The van der Waals surface area contributed by atoms with E-state index < -0.39 is 6.10 Å². The molecule has 0 fully saturated rings. The predicted molar refractivity (Wildman–Crippen MR) is 77.1 cm³/mol. The van der Waals surface area contributed by atoms with Crippen LogP contribution in [0.5, 0.6) is 0 Å². The fraction of sp³-hybridized carbons (Fsp3) is 0.267. The zero-order chi connectivity index (χ0) is 13.7. The first-order chi connectivity index (χ1) is 9.18. The lowest BCUT2D eigenvalue weighted by atomic mass is 10.1. The Balaban J connectivity index is 1.94. The summed E-state index contributed by atoms with van der Waals surface area (Å²) in [6.45, 7) is 2.45. The number of aliphatic hydroxyl groups excluding tert-OH is 1. The van der Waals surface area contributed by atoms with Gasteiger partial charge in [-0.05, 0) is 25.1 Å². The van der Waals surface area contributed by atoms with E-state index in [0.29, 0.717) is 11.6 Å². The molecule has 0 aliphatic heterocycles. The van der Waals surface area contributed by atoms with Gasteiger partial charge in [0.15, 0.2) is 0 Å². The van der Waals surface area contributed by atoms with Gasteiger partial charge in [-0.3, -0.25) is 4.98 Å². The Morgan fingerprint density at radius 1 is 1.21 bits per heavy atom. The molecule has 0 aliphatic rings. The van der Waals surface area contributed by atoms with Crippen molar-refractivity contribution in [2.45, 2.75) is 19.1 Å². The number of aliphatic hydroxyl groups is 1. The van der Waals surface area contributed by atoms with Crippen LogP contribution in [0.4, 0.5) is 0 Å². The minimum absolute atomic E-state index is 0.0818. The minimum Gasteiger partial charge on any atom is -0.387 e. The number of benzene rings is 1. The van der Waals surface area contributed by atoms with Crippen molar-refractivity contribution in [2.75, 3.05) is 6.54 Å². The highest BCUT2D eigenvalue weighted by atomic mass is 35.5. The van der Waals surface area contributed by atoms with Crippen molar-refractivity contribution in [3.8, 4) is 0 Å². The van der Waals surface area contributed by atoms with Crippen LogP contribution in [-0.4, -0.2) is 16.6 Å². The van der Waals surface area contributed by atoms with Crippen molar-refractivity contribution in [3.63, 3.8) is 0 Å². The summed E-state index contributed by atoms with van der Waals surface area (Å²) in [6.07, 6.45) is 1.14. The van der Waals surface area contributed by atoms with E-state index in [1.807, 2.05) is 43.3 Å². The molecule has 4 heteroatoms. The predicted octanol–water partition coefficient (Wildman–Crippen LogP) is 3.12. The normalized spacial score (nSPS) is 14.1. The molecule has 1 unspecified atom stereocenters. The number of rotatable bonds is 5. The summed E-state index contributed by atoms with van der Waals surface area (Å²) >= 11 is 6.05. The molecule has 1 heterocycles. The molecule has 0 spiro atoms. The first-order valence-corrected chi connectivity index (χ1v) is 6.63. The third kappa shape index (κ3) is 3.77. The minimum atomic E-state index is -0.625. The molecule has 2 atom stereocenters. The molecule has 0 saturated heterocycles. The molecule has 0 amide bonds. The Morgan fingerprint density at radius 3 is 2.63 bits per heavy atom. The average Bonchev–Trinajstić information content (AvgIpc) is 2.46. The van der Waals surface area contributed by atoms with Crippen LogP contribution in [0, 0.1) is 0 Å². The number of hydrogen-bond donors (Lipinski definition) is 2. The van der Waals surface area contributed by atoms with Gasteiger partial charge in [-0.2, -0.15) is 0 Å². The van der Waals surface area contributed by atoms with E-state index in [9.17, 15) is 5.11 Å². The number of aromatic nitrogens is 1. The fourth-order valence-corrected chi connectivity index (χ4v) is 2.14. The van der Waals surface area contributed by atoms with Gasteiger partial charge in [0.05, 0.1) is 11.8 Å². The van der Waals surface area contributed by atoms with Gasteiger partial charge in [-0.25, -0.2) is 0 Å². The summed E-state index contributed by atoms with van der Waals surface area (Å²) in [5, 5.41) is 14.0. The first-order valence-electron chi connectivity index (χ1n) is 6.25. The van der Waals surface area contributed by atoms with Gasteiger partial charge in [-0.15, -0.1) is 0 Å². The number of hydrogen-bond acceptors (Lipinski definition) is 3. The SMILES string of the molecule is C[C@@H](NCC(O)c1ccccc1Cl)c1ccccn1. The smallest absolute Gasteiger partial charge is 0.0928 e. The molecule has 0 saturated carbocycles. The van der Waals surface area contributed by atoms with E-state index >= 15 is 0 Å². The topological polar surface area (TPSA) is 45.1 Å². The van der Waals surface area contributed by atoms with Crippen molar-refractivity contribution < 1.29 is 5.11 Å². The summed E-state index contributed by atoms with van der Waals surface area (Å²) in [5.41, 5.74) is 1.69. The van der Waals surface area contributed by atoms with Crippen LogP contribution in [0.3, 0.4) is 0 Å². The zero-order valence-electron chi connectivity index (χ0n) is 10.8. The summed E-state index contributed by atoms with van der Waals surface area (Å²) in [6, 6.07) is 13.2. The van der Waals surface area contributed by atoms with Crippen LogP contribution in [0.25, 0.3) is 0 Å². The zero-order valence-corrected chi connectivity index (χ0v) is 11.5. The maximum atomic E-state index is 10.1. The van der Waals surface area contributed by atoms with Crippen molar-refractivity contribution in [2.24, 2.45) is 0 Å². The Kier molecular flexibility index (Phi) is 4.91.